The van der Waals surface area contributed by atoms with E-state index in [-0.39, 0.29) is 11.4 Å². The third kappa shape index (κ3) is 3.45. The van der Waals surface area contributed by atoms with Gasteiger partial charge in [-0.25, -0.2) is 9.37 Å². The van der Waals surface area contributed by atoms with Crippen molar-refractivity contribution in [2.24, 2.45) is 0 Å². The van der Waals surface area contributed by atoms with E-state index in [0.29, 0.717) is 31.0 Å². The van der Waals surface area contributed by atoms with Gasteiger partial charge in [0, 0.05) is 31.1 Å². The highest BCUT2D eigenvalue weighted by Gasteiger charge is 2.24. The molecule has 0 spiro atoms. The second-order valence-electron chi connectivity index (χ2n) is 7.70. The minimum atomic E-state index is -0.158. The molecule has 2 aliphatic rings. The molecule has 1 fully saturated rings. The summed E-state index contributed by atoms with van der Waals surface area (Å²) in [4.78, 5) is 22.7. The van der Waals surface area contributed by atoms with Crippen molar-refractivity contribution in [1.82, 2.24) is 14.9 Å². The molecule has 0 bridgehead atoms. The Morgan fingerprint density at radius 3 is 2.88 bits per heavy atom. The van der Waals surface area contributed by atoms with E-state index in [2.05, 4.69) is 9.88 Å². The summed E-state index contributed by atoms with van der Waals surface area (Å²) in [5.41, 5.74) is 3.49. The van der Waals surface area contributed by atoms with Gasteiger partial charge in [0.2, 0.25) is 0 Å². The van der Waals surface area contributed by atoms with Gasteiger partial charge in [0.1, 0.15) is 11.6 Å². The zero-order chi connectivity index (χ0) is 18.1. The molecule has 0 atom stereocenters. The average Bonchev–Trinajstić information content (AvgIpc) is 2.66. The van der Waals surface area contributed by atoms with E-state index in [9.17, 15) is 9.18 Å². The molecular formula is C21H26FN3O. The van der Waals surface area contributed by atoms with Crippen LogP contribution < -0.4 is 5.56 Å². The molecule has 138 valence electrons. The Balaban J connectivity index is 1.56. The van der Waals surface area contributed by atoms with E-state index in [0.717, 1.165) is 42.0 Å². The van der Waals surface area contributed by atoms with Crippen LogP contribution >= 0.6 is 0 Å². The molecule has 1 aliphatic heterocycles. The third-order valence-electron chi connectivity index (χ3n) is 5.94. The number of H-pyrrole nitrogens is 1. The number of hydrogen-bond donors (Lipinski definition) is 1. The molecule has 4 nitrogen and oxygen atoms in total. The van der Waals surface area contributed by atoms with Gasteiger partial charge >= 0.3 is 0 Å². The number of aromatic nitrogens is 2. The molecule has 0 saturated heterocycles. The van der Waals surface area contributed by atoms with Crippen LogP contribution in [0.3, 0.4) is 0 Å². The number of halogens is 1. The van der Waals surface area contributed by atoms with Crippen LogP contribution in [0.5, 0.6) is 0 Å². The van der Waals surface area contributed by atoms with E-state index >= 15 is 0 Å². The molecule has 1 aliphatic carbocycles. The Kier molecular flexibility index (Phi) is 4.90. The van der Waals surface area contributed by atoms with Crippen molar-refractivity contribution in [2.45, 2.75) is 64.5 Å². The average molecular weight is 355 g/mol. The minimum Gasteiger partial charge on any atom is -0.310 e. The smallest absolute Gasteiger partial charge is 0.254 e. The number of rotatable bonds is 3. The van der Waals surface area contributed by atoms with E-state index in [1.807, 2.05) is 13.0 Å². The maximum Gasteiger partial charge on any atom is 0.254 e. The van der Waals surface area contributed by atoms with Crippen LogP contribution in [0.25, 0.3) is 0 Å². The Bertz CT molecular complexity index is 855. The topological polar surface area (TPSA) is 49.0 Å². The Labute approximate surface area is 153 Å². The Morgan fingerprint density at radius 1 is 1.27 bits per heavy atom. The predicted molar refractivity (Wildman–Crippen MR) is 99.6 cm³/mol. The van der Waals surface area contributed by atoms with Crippen molar-refractivity contribution in [3.63, 3.8) is 0 Å². The van der Waals surface area contributed by atoms with E-state index in [1.165, 1.54) is 25.3 Å². The van der Waals surface area contributed by atoms with Crippen molar-refractivity contribution < 1.29 is 4.39 Å². The summed E-state index contributed by atoms with van der Waals surface area (Å²) in [6, 6.07) is 5.24. The van der Waals surface area contributed by atoms with Gasteiger partial charge in [0.25, 0.3) is 5.56 Å². The lowest BCUT2D eigenvalue weighted by atomic mass is 9.88. The highest BCUT2D eigenvalue weighted by molar-refractivity contribution is 5.28. The first-order chi connectivity index (χ1) is 12.6. The summed E-state index contributed by atoms with van der Waals surface area (Å²) >= 11 is 0. The zero-order valence-electron chi connectivity index (χ0n) is 15.4. The number of fused-ring (bicyclic) bond motifs is 1. The van der Waals surface area contributed by atoms with Crippen LogP contribution in [-0.2, 0) is 19.5 Å². The standard InChI is InChI=1S/C21H26FN3O/c1-14-16(8-5-9-18(14)22)12-25-11-10-17-19(13-25)23-20(24-21(17)26)15-6-3-2-4-7-15/h5,8-9,15H,2-4,6-7,10-13H2,1H3,(H,23,24,26). The molecule has 4 rings (SSSR count). The Hall–Kier alpha value is -2.01. The minimum absolute atomic E-state index is 0.0390. The fourth-order valence-corrected chi connectivity index (χ4v) is 4.28. The van der Waals surface area contributed by atoms with E-state index in [1.54, 1.807) is 6.07 Å². The van der Waals surface area contributed by atoms with Crippen LogP contribution in [0.2, 0.25) is 0 Å². The first-order valence-corrected chi connectivity index (χ1v) is 9.70. The van der Waals surface area contributed by atoms with Gasteiger partial charge in [-0.1, -0.05) is 31.4 Å². The maximum absolute atomic E-state index is 13.8. The first-order valence-electron chi connectivity index (χ1n) is 9.70. The summed E-state index contributed by atoms with van der Waals surface area (Å²) < 4.78 is 13.8. The van der Waals surface area contributed by atoms with Crippen molar-refractivity contribution in [2.75, 3.05) is 6.54 Å². The second-order valence-corrected chi connectivity index (χ2v) is 7.70. The fourth-order valence-electron chi connectivity index (χ4n) is 4.28. The van der Waals surface area contributed by atoms with Crippen LogP contribution in [-0.4, -0.2) is 21.4 Å². The van der Waals surface area contributed by atoms with Crippen molar-refractivity contribution in [3.8, 4) is 0 Å². The van der Waals surface area contributed by atoms with Crippen LogP contribution in [0.15, 0.2) is 23.0 Å². The van der Waals surface area contributed by atoms with Crippen molar-refractivity contribution in [3.05, 3.63) is 62.6 Å². The molecule has 1 aromatic carbocycles. The summed E-state index contributed by atoms with van der Waals surface area (Å²) in [5, 5.41) is 0. The third-order valence-corrected chi connectivity index (χ3v) is 5.94. The molecule has 1 saturated carbocycles. The molecular weight excluding hydrogens is 329 g/mol. The molecule has 1 N–H and O–H groups in total. The normalized spacial score (nSPS) is 18.7. The quantitative estimate of drug-likeness (QED) is 0.910. The highest BCUT2D eigenvalue weighted by Crippen LogP contribution is 2.31. The first kappa shape index (κ1) is 17.4. The van der Waals surface area contributed by atoms with Crippen LogP contribution in [0.4, 0.5) is 4.39 Å². The lowest BCUT2D eigenvalue weighted by molar-refractivity contribution is 0.238. The number of nitrogens with zero attached hydrogens (tertiary/aromatic N) is 2. The Morgan fingerprint density at radius 2 is 2.08 bits per heavy atom. The zero-order valence-corrected chi connectivity index (χ0v) is 15.4. The van der Waals surface area contributed by atoms with E-state index < -0.39 is 0 Å². The number of benzene rings is 1. The van der Waals surface area contributed by atoms with Gasteiger partial charge in [-0.3, -0.25) is 9.69 Å². The number of aromatic amines is 1. The molecule has 26 heavy (non-hydrogen) atoms. The van der Waals surface area contributed by atoms with Crippen molar-refractivity contribution >= 4 is 0 Å². The predicted octanol–water partition coefficient (Wildman–Crippen LogP) is 3.82. The second kappa shape index (κ2) is 7.31. The summed E-state index contributed by atoms with van der Waals surface area (Å²) in [6.45, 7) is 3.98. The molecule has 2 heterocycles. The highest BCUT2D eigenvalue weighted by atomic mass is 19.1. The summed E-state index contributed by atoms with van der Waals surface area (Å²) in [5.74, 6) is 1.11. The summed E-state index contributed by atoms with van der Waals surface area (Å²) in [7, 11) is 0. The molecule has 0 unspecified atom stereocenters. The molecule has 5 heteroatoms. The van der Waals surface area contributed by atoms with Gasteiger partial charge in [0.15, 0.2) is 0 Å². The lowest BCUT2D eigenvalue weighted by Crippen LogP contribution is -2.36. The van der Waals surface area contributed by atoms with Gasteiger partial charge in [-0.15, -0.1) is 0 Å². The molecule has 2 aromatic rings. The largest absolute Gasteiger partial charge is 0.310 e. The monoisotopic (exact) mass is 355 g/mol. The van der Waals surface area contributed by atoms with Gasteiger partial charge in [0.05, 0.1) is 5.69 Å². The van der Waals surface area contributed by atoms with Gasteiger partial charge in [-0.05, 0) is 43.4 Å². The molecule has 1 aromatic heterocycles. The van der Waals surface area contributed by atoms with Gasteiger partial charge in [-0.2, -0.15) is 0 Å². The maximum atomic E-state index is 13.8. The van der Waals surface area contributed by atoms with Crippen LogP contribution in [0.1, 0.15) is 66.2 Å². The van der Waals surface area contributed by atoms with Crippen LogP contribution in [0, 0.1) is 12.7 Å². The molecule has 0 radical (unpaired) electrons. The van der Waals surface area contributed by atoms with E-state index in [4.69, 9.17) is 4.98 Å². The SMILES string of the molecule is Cc1c(F)cccc1CN1CCc2c(nc(C3CCCCC3)[nH]c2=O)C1. The number of hydrogen-bond acceptors (Lipinski definition) is 3. The lowest BCUT2D eigenvalue weighted by Gasteiger charge is -2.29. The summed E-state index contributed by atoms with van der Waals surface area (Å²) in [6.07, 6.45) is 6.66. The van der Waals surface area contributed by atoms with Gasteiger partial charge < -0.3 is 4.98 Å². The fraction of sp³-hybridized carbons (Fsp3) is 0.524. The van der Waals surface area contributed by atoms with Crippen molar-refractivity contribution in [1.29, 1.82) is 0 Å². The molecule has 0 amide bonds. The number of nitrogens with one attached hydrogen (secondary N) is 1.